The summed E-state index contributed by atoms with van der Waals surface area (Å²) in [6.45, 7) is 0.658. The van der Waals surface area contributed by atoms with Crippen LogP contribution < -0.4 is 4.90 Å². The molecule has 0 saturated carbocycles. The maximum atomic E-state index is 12.8. The van der Waals surface area contributed by atoms with Crippen LogP contribution in [-0.2, 0) is 6.18 Å². The number of alkyl halides is 3. The van der Waals surface area contributed by atoms with Gasteiger partial charge >= 0.3 is 6.18 Å². The van der Waals surface area contributed by atoms with E-state index >= 15 is 0 Å². The van der Waals surface area contributed by atoms with E-state index in [2.05, 4.69) is 0 Å². The van der Waals surface area contributed by atoms with Crippen LogP contribution >= 0.6 is 0 Å². The topological polar surface area (TPSA) is 66.6 Å². The van der Waals surface area contributed by atoms with E-state index in [1.165, 1.54) is 6.07 Å². The van der Waals surface area contributed by atoms with E-state index < -0.39 is 28.5 Å². The summed E-state index contributed by atoms with van der Waals surface area (Å²) in [6.07, 6.45) is -4.89. The molecule has 104 valence electrons. The lowest BCUT2D eigenvalue weighted by Crippen LogP contribution is -2.22. The third-order valence-corrected chi connectivity index (χ3v) is 3.01. The van der Waals surface area contributed by atoms with Gasteiger partial charge in [0.15, 0.2) is 0 Å². The van der Waals surface area contributed by atoms with E-state index in [0.29, 0.717) is 13.0 Å². The third kappa shape index (κ3) is 2.78. The molecule has 1 unspecified atom stereocenters. The van der Waals surface area contributed by atoms with Crippen molar-refractivity contribution >= 4 is 11.4 Å². The van der Waals surface area contributed by atoms with Crippen LogP contribution in [0.4, 0.5) is 24.5 Å². The van der Waals surface area contributed by atoms with Crippen LogP contribution in [0.5, 0.6) is 0 Å². The highest BCUT2D eigenvalue weighted by atomic mass is 19.4. The molecule has 2 rings (SSSR count). The van der Waals surface area contributed by atoms with E-state index in [1.54, 1.807) is 4.90 Å². The predicted molar refractivity (Wildman–Crippen MR) is 60.9 cm³/mol. The Morgan fingerprint density at radius 1 is 1.42 bits per heavy atom. The summed E-state index contributed by atoms with van der Waals surface area (Å²) in [5.74, 6) is 0. The van der Waals surface area contributed by atoms with E-state index in [4.69, 9.17) is 0 Å². The smallest absolute Gasteiger partial charge is 0.391 e. The van der Waals surface area contributed by atoms with Gasteiger partial charge in [0, 0.05) is 24.8 Å². The Bertz CT molecular complexity index is 504. The first-order valence-electron chi connectivity index (χ1n) is 5.57. The van der Waals surface area contributed by atoms with Crippen molar-refractivity contribution < 1.29 is 23.2 Å². The summed E-state index contributed by atoms with van der Waals surface area (Å²) < 4.78 is 38.3. The van der Waals surface area contributed by atoms with Crippen LogP contribution in [-0.4, -0.2) is 29.2 Å². The zero-order chi connectivity index (χ0) is 14.2. The fourth-order valence-electron chi connectivity index (χ4n) is 2.08. The van der Waals surface area contributed by atoms with Gasteiger partial charge in [-0.2, -0.15) is 13.2 Å². The molecule has 1 aromatic rings. The van der Waals surface area contributed by atoms with E-state index in [0.717, 1.165) is 12.1 Å². The SMILES string of the molecule is O=[N+]([O-])c1ccc(N2CCC(O)C2)cc1C(F)(F)F. The molecule has 0 bridgehead atoms. The molecule has 8 heteroatoms. The summed E-state index contributed by atoms with van der Waals surface area (Å²) in [7, 11) is 0. The molecule has 1 N–H and O–H groups in total. The Morgan fingerprint density at radius 3 is 2.58 bits per heavy atom. The Balaban J connectivity index is 2.41. The average molecular weight is 276 g/mol. The first-order valence-corrected chi connectivity index (χ1v) is 5.57. The van der Waals surface area contributed by atoms with Crippen LogP contribution in [0, 0.1) is 10.1 Å². The molecule has 1 saturated heterocycles. The highest BCUT2D eigenvalue weighted by Crippen LogP contribution is 2.38. The van der Waals surface area contributed by atoms with Gasteiger partial charge in [-0.3, -0.25) is 10.1 Å². The summed E-state index contributed by atoms with van der Waals surface area (Å²) in [5.41, 5.74) is -2.00. The quantitative estimate of drug-likeness (QED) is 0.664. The second-order valence-electron chi connectivity index (χ2n) is 4.34. The van der Waals surface area contributed by atoms with Gasteiger partial charge in [-0.1, -0.05) is 0 Å². The number of nitrogens with zero attached hydrogens (tertiary/aromatic N) is 2. The van der Waals surface area contributed by atoms with Gasteiger partial charge in [-0.05, 0) is 18.6 Å². The monoisotopic (exact) mass is 276 g/mol. The number of hydrogen-bond donors (Lipinski definition) is 1. The zero-order valence-electron chi connectivity index (χ0n) is 9.72. The van der Waals surface area contributed by atoms with Gasteiger partial charge in [0.2, 0.25) is 0 Å². The van der Waals surface area contributed by atoms with Crippen molar-refractivity contribution in [2.45, 2.75) is 18.7 Å². The van der Waals surface area contributed by atoms with Crippen molar-refractivity contribution in [1.82, 2.24) is 0 Å². The first kappa shape index (κ1) is 13.6. The Morgan fingerprint density at radius 2 is 2.11 bits per heavy atom. The van der Waals surface area contributed by atoms with Crippen molar-refractivity contribution in [3.8, 4) is 0 Å². The second kappa shape index (κ2) is 4.69. The molecule has 0 radical (unpaired) electrons. The number of halogens is 3. The number of hydrogen-bond acceptors (Lipinski definition) is 4. The normalized spacial score (nSPS) is 19.8. The number of aliphatic hydroxyl groups excluding tert-OH is 1. The van der Waals surface area contributed by atoms with Crippen LogP contribution in [0.25, 0.3) is 0 Å². The lowest BCUT2D eigenvalue weighted by molar-refractivity contribution is -0.388. The van der Waals surface area contributed by atoms with Crippen molar-refractivity contribution in [3.05, 3.63) is 33.9 Å². The summed E-state index contributed by atoms with van der Waals surface area (Å²) >= 11 is 0. The van der Waals surface area contributed by atoms with Gasteiger partial charge in [0.1, 0.15) is 5.56 Å². The van der Waals surface area contributed by atoms with Crippen LogP contribution in [0.1, 0.15) is 12.0 Å². The molecule has 1 fully saturated rings. The maximum absolute atomic E-state index is 12.8. The maximum Gasteiger partial charge on any atom is 0.423 e. The van der Waals surface area contributed by atoms with E-state index in [9.17, 15) is 28.4 Å². The number of aliphatic hydroxyl groups is 1. The minimum absolute atomic E-state index is 0.231. The zero-order valence-corrected chi connectivity index (χ0v) is 9.72. The summed E-state index contributed by atoms with van der Waals surface area (Å²) in [6, 6.07) is 2.88. The minimum Gasteiger partial charge on any atom is -0.391 e. The van der Waals surface area contributed by atoms with Crippen LogP contribution in [0.2, 0.25) is 0 Å². The largest absolute Gasteiger partial charge is 0.423 e. The molecule has 1 aliphatic rings. The molecule has 0 spiro atoms. The predicted octanol–water partition coefficient (Wildman–Crippen LogP) is 2.18. The van der Waals surface area contributed by atoms with Crippen molar-refractivity contribution in [3.63, 3.8) is 0 Å². The van der Waals surface area contributed by atoms with Crippen LogP contribution in [0.15, 0.2) is 18.2 Å². The molecular formula is C11H11F3N2O3. The lowest BCUT2D eigenvalue weighted by atomic mass is 10.1. The molecular weight excluding hydrogens is 265 g/mol. The summed E-state index contributed by atoms with van der Waals surface area (Å²) in [5, 5.41) is 20.0. The van der Waals surface area contributed by atoms with E-state index in [1.807, 2.05) is 0 Å². The van der Waals surface area contributed by atoms with Gasteiger partial charge < -0.3 is 10.0 Å². The van der Waals surface area contributed by atoms with Gasteiger partial charge in [-0.15, -0.1) is 0 Å². The molecule has 1 atom stereocenters. The highest BCUT2D eigenvalue weighted by molar-refractivity contribution is 5.57. The van der Waals surface area contributed by atoms with Crippen LogP contribution in [0.3, 0.4) is 0 Å². The summed E-state index contributed by atoms with van der Waals surface area (Å²) in [4.78, 5) is 11.1. The van der Waals surface area contributed by atoms with Crippen molar-refractivity contribution in [2.24, 2.45) is 0 Å². The molecule has 0 aromatic heterocycles. The lowest BCUT2D eigenvalue weighted by Gasteiger charge is -2.19. The molecule has 5 nitrogen and oxygen atoms in total. The van der Waals surface area contributed by atoms with E-state index in [-0.39, 0.29) is 12.2 Å². The minimum atomic E-state index is -4.78. The number of benzene rings is 1. The highest BCUT2D eigenvalue weighted by Gasteiger charge is 2.39. The average Bonchev–Trinajstić information content (AvgIpc) is 2.74. The standard InChI is InChI=1S/C11H11F3N2O3/c12-11(13,14)9-5-7(1-2-10(9)16(18)19)15-4-3-8(17)6-15/h1-2,5,8,17H,3-4,6H2. The fraction of sp³-hybridized carbons (Fsp3) is 0.455. The fourth-order valence-corrected chi connectivity index (χ4v) is 2.08. The number of rotatable bonds is 2. The van der Waals surface area contributed by atoms with Crippen molar-refractivity contribution in [1.29, 1.82) is 0 Å². The number of nitro benzene ring substituents is 1. The van der Waals surface area contributed by atoms with Gasteiger partial charge in [0.25, 0.3) is 5.69 Å². The molecule has 1 aromatic carbocycles. The van der Waals surface area contributed by atoms with Gasteiger partial charge in [0.05, 0.1) is 11.0 Å². The molecule has 1 heterocycles. The Kier molecular flexibility index (Phi) is 3.36. The molecule has 1 aliphatic heterocycles. The van der Waals surface area contributed by atoms with Gasteiger partial charge in [-0.25, -0.2) is 0 Å². The first-order chi connectivity index (χ1) is 8.79. The Hall–Kier alpha value is -1.83. The number of anilines is 1. The number of nitro groups is 1. The molecule has 0 amide bonds. The Labute approximate surface area is 106 Å². The van der Waals surface area contributed by atoms with Crippen molar-refractivity contribution in [2.75, 3.05) is 18.0 Å². The molecule has 19 heavy (non-hydrogen) atoms. The molecule has 0 aliphatic carbocycles. The number of β-amino-alcohol motifs (C(OH)–C–C–N with tert-alkyl or cyclic N) is 1. The second-order valence-corrected chi connectivity index (χ2v) is 4.34. The third-order valence-electron chi connectivity index (χ3n) is 3.01.